The smallest absolute Gasteiger partial charge is 0.255 e. The first kappa shape index (κ1) is 15.0. The molecule has 4 heteroatoms. The maximum atomic E-state index is 12.2. The Bertz CT molecular complexity index is 608. The second-order valence-corrected chi connectivity index (χ2v) is 5.08. The zero-order valence-electron chi connectivity index (χ0n) is 12.7. The van der Waals surface area contributed by atoms with Crippen molar-refractivity contribution >= 4 is 5.91 Å². The van der Waals surface area contributed by atoms with Gasteiger partial charge in [0.25, 0.3) is 5.91 Å². The minimum absolute atomic E-state index is 0.0460. The molecule has 1 aromatic carbocycles. The highest BCUT2D eigenvalue weighted by Crippen LogP contribution is 2.12. The molecule has 0 aliphatic carbocycles. The van der Waals surface area contributed by atoms with Crippen LogP contribution in [-0.4, -0.2) is 36.0 Å². The van der Waals surface area contributed by atoms with Gasteiger partial charge in [0.1, 0.15) is 12.4 Å². The van der Waals surface area contributed by atoms with Gasteiger partial charge in [-0.3, -0.25) is 9.78 Å². The Labute approximate surface area is 125 Å². The maximum absolute atomic E-state index is 12.2. The fourth-order valence-electron chi connectivity index (χ4n) is 1.92. The zero-order valence-corrected chi connectivity index (χ0v) is 12.7. The molecular weight excluding hydrogens is 264 g/mol. The van der Waals surface area contributed by atoms with Crippen molar-refractivity contribution in [3.8, 4) is 5.75 Å². The minimum atomic E-state index is -0.0460. The molecule has 0 radical (unpaired) electrons. The van der Waals surface area contributed by atoms with Crippen LogP contribution in [0.4, 0.5) is 0 Å². The first-order valence-corrected chi connectivity index (χ1v) is 6.94. The number of aromatic nitrogens is 1. The Balaban J connectivity index is 1.85. The van der Waals surface area contributed by atoms with Crippen molar-refractivity contribution in [2.24, 2.45) is 0 Å². The average molecular weight is 284 g/mol. The Morgan fingerprint density at radius 3 is 2.71 bits per heavy atom. The van der Waals surface area contributed by atoms with Crippen LogP contribution in [0.25, 0.3) is 0 Å². The lowest BCUT2D eigenvalue weighted by molar-refractivity contribution is 0.0773. The molecule has 110 valence electrons. The molecule has 0 aliphatic rings. The summed E-state index contributed by atoms with van der Waals surface area (Å²) in [5.74, 6) is 0.781. The molecule has 1 heterocycles. The Morgan fingerprint density at radius 1 is 1.24 bits per heavy atom. The normalized spacial score (nSPS) is 10.2. The van der Waals surface area contributed by atoms with Crippen molar-refractivity contribution in [1.82, 2.24) is 9.88 Å². The van der Waals surface area contributed by atoms with Gasteiger partial charge in [0.2, 0.25) is 0 Å². The molecule has 0 bridgehead atoms. The van der Waals surface area contributed by atoms with Gasteiger partial charge in [-0.2, -0.15) is 0 Å². The topological polar surface area (TPSA) is 42.4 Å². The number of hydrogen-bond acceptors (Lipinski definition) is 3. The van der Waals surface area contributed by atoms with E-state index in [9.17, 15) is 4.79 Å². The van der Waals surface area contributed by atoms with Crippen LogP contribution in [0.3, 0.4) is 0 Å². The lowest BCUT2D eigenvalue weighted by atomic mass is 10.2. The molecule has 0 N–H and O–H groups in total. The highest BCUT2D eigenvalue weighted by Gasteiger charge is 2.11. The Morgan fingerprint density at radius 2 is 2.05 bits per heavy atom. The van der Waals surface area contributed by atoms with E-state index in [-0.39, 0.29) is 5.91 Å². The molecule has 0 saturated heterocycles. The fourth-order valence-corrected chi connectivity index (χ4v) is 1.92. The van der Waals surface area contributed by atoms with Crippen molar-refractivity contribution in [3.05, 3.63) is 59.4 Å². The molecule has 0 unspecified atom stereocenters. The van der Waals surface area contributed by atoms with E-state index in [0.29, 0.717) is 18.7 Å². The second kappa shape index (κ2) is 6.88. The summed E-state index contributed by atoms with van der Waals surface area (Å²) in [5.41, 5.74) is 2.65. The van der Waals surface area contributed by atoms with Crippen molar-refractivity contribution in [2.45, 2.75) is 13.8 Å². The zero-order chi connectivity index (χ0) is 15.2. The first-order valence-electron chi connectivity index (χ1n) is 6.94. The number of carbonyl (C=O) groups excluding carboxylic acids is 1. The fraction of sp³-hybridized carbons (Fsp3) is 0.294. The molecule has 2 rings (SSSR count). The molecule has 1 amide bonds. The van der Waals surface area contributed by atoms with Crippen molar-refractivity contribution < 1.29 is 9.53 Å². The third kappa shape index (κ3) is 4.31. The SMILES string of the molecule is Cc1cccc(OCCN(C)C(=O)c2ccc(C)nc2)c1. The number of pyridine rings is 1. The maximum Gasteiger partial charge on any atom is 0.255 e. The van der Waals surface area contributed by atoms with Crippen molar-refractivity contribution in [1.29, 1.82) is 0 Å². The van der Waals surface area contributed by atoms with Gasteiger partial charge in [-0.05, 0) is 43.7 Å². The predicted octanol–water partition coefficient (Wildman–Crippen LogP) is 2.85. The van der Waals surface area contributed by atoms with E-state index >= 15 is 0 Å². The molecule has 0 atom stereocenters. The summed E-state index contributed by atoms with van der Waals surface area (Å²) < 4.78 is 5.65. The Hall–Kier alpha value is -2.36. The Kier molecular flexibility index (Phi) is 4.93. The van der Waals surface area contributed by atoms with Gasteiger partial charge in [-0.15, -0.1) is 0 Å². The van der Waals surface area contributed by atoms with Gasteiger partial charge in [-0.1, -0.05) is 12.1 Å². The molecule has 0 spiro atoms. The molecule has 21 heavy (non-hydrogen) atoms. The van der Waals surface area contributed by atoms with E-state index in [2.05, 4.69) is 4.98 Å². The summed E-state index contributed by atoms with van der Waals surface area (Å²) in [4.78, 5) is 18.0. The number of benzene rings is 1. The van der Waals surface area contributed by atoms with E-state index in [1.165, 1.54) is 0 Å². The molecule has 1 aromatic heterocycles. The summed E-state index contributed by atoms with van der Waals surface area (Å²) in [6.07, 6.45) is 1.61. The standard InChI is InChI=1S/C17H20N2O2/c1-13-5-4-6-16(11-13)21-10-9-19(3)17(20)15-8-7-14(2)18-12-15/h4-8,11-12H,9-10H2,1-3H3. The van der Waals surface area contributed by atoms with Crippen LogP contribution >= 0.6 is 0 Å². The van der Waals surface area contributed by atoms with E-state index in [0.717, 1.165) is 17.0 Å². The van der Waals surface area contributed by atoms with Gasteiger partial charge in [-0.25, -0.2) is 0 Å². The lowest BCUT2D eigenvalue weighted by Gasteiger charge is -2.17. The number of hydrogen-bond donors (Lipinski definition) is 0. The largest absolute Gasteiger partial charge is 0.492 e. The summed E-state index contributed by atoms with van der Waals surface area (Å²) in [6, 6.07) is 11.5. The monoisotopic (exact) mass is 284 g/mol. The highest BCUT2D eigenvalue weighted by molar-refractivity contribution is 5.93. The third-order valence-electron chi connectivity index (χ3n) is 3.19. The van der Waals surface area contributed by atoms with Crippen LogP contribution in [0.1, 0.15) is 21.6 Å². The van der Waals surface area contributed by atoms with Gasteiger partial charge < -0.3 is 9.64 Å². The highest BCUT2D eigenvalue weighted by atomic mass is 16.5. The van der Waals surface area contributed by atoms with Gasteiger partial charge in [0.05, 0.1) is 12.1 Å². The number of ether oxygens (including phenoxy) is 1. The summed E-state index contributed by atoms with van der Waals surface area (Å²) in [5, 5.41) is 0. The summed E-state index contributed by atoms with van der Waals surface area (Å²) in [6.45, 7) is 4.91. The van der Waals surface area contributed by atoms with Gasteiger partial charge in [0.15, 0.2) is 0 Å². The van der Waals surface area contributed by atoms with E-state index in [1.54, 1.807) is 24.2 Å². The van der Waals surface area contributed by atoms with Gasteiger partial charge in [0, 0.05) is 18.9 Å². The molecule has 2 aromatic rings. The number of rotatable bonds is 5. The van der Waals surface area contributed by atoms with Crippen LogP contribution in [0.5, 0.6) is 5.75 Å². The van der Waals surface area contributed by atoms with Crippen LogP contribution < -0.4 is 4.74 Å². The molecule has 0 fully saturated rings. The second-order valence-electron chi connectivity index (χ2n) is 5.08. The molecule has 0 aliphatic heterocycles. The average Bonchev–Trinajstić information content (AvgIpc) is 2.47. The number of amides is 1. The predicted molar refractivity (Wildman–Crippen MR) is 82.6 cm³/mol. The quantitative estimate of drug-likeness (QED) is 0.848. The molecular formula is C17H20N2O2. The summed E-state index contributed by atoms with van der Waals surface area (Å²) >= 11 is 0. The number of nitrogens with zero attached hydrogens (tertiary/aromatic N) is 2. The van der Waals surface area contributed by atoms with Crippen LogP contribution in [-0.2, 0) is 0 Å². The molecule has 4 nitrogen and oxygen atoms in total. The van der Waals surface area contributed by atoms with Crippen LogP contribution in [0.2, 0.25) is 0 Å². The lowest BCUT2D eigenvalue weighted by Crippen LogP contribution is -2.31. The van der Waals surface area contributed by atoms with Gasteiger partial charge >= 0.3 is 0 Å². The van der Waals surface area contributed by atoms with E-state index in [4.69, 9.17) is 4.74 Å². The number of aryl methyl sites for hydroxylation is 2. The molecule has 0 saturated carbocycles. The third-order valence-corrected chi connectivity index (χ3v) is 3.19. The van der Waals surface area contributed by atoms with Crippen molar-refractivity contribution in [3.63, 3.8) is 0 Å². The van der Waals surface area contributed by atoms with Crippen LogP contribution in [0.15, 0.2) is 42.6 Å². The first-order chi connectivity index (χ1) is 10.1. The number of carbonyl (C=O) groups is 1. The van der Waals surface area contributed by atoms with E-state index < -0.39 is 0 Å². The van der Waals surface area contributed by atoms with Crippen LogP contribution in [0, 0.1) is 13.8 Å². The minimum Gasteiger partial charge on any atom is -0.492 e. The summed E-state index contributed by atoms with van der Waals surface area (Å²) in [7, 11) is 1.77. The van der Waals surface area contributed by atoms with E-state index in [1.807, 2.05) is 44.2 Å². The van der Waals surface area contributed by atoms with Crippen molar-refractivity contribution in [2.75, 3.05) is 20.2 Å². The number of likely N-dealkylation sites (N-methyl/N-ethyl adjacent to an activating group) is 1.